The van der Waals surface area contributed by atoms with Crippen molar-refractivity contribution in [3.05, 3.63) is 22.2 Å². The number of rotatable bonds is 4. The summed E-state index contributed by atoms with van der Waals surface area (Å²) >= 11 is 0. The molecule has 0 atom stereocenters. The van der Waals surface area contributed by atoms with Crippen molar-refractivity contribution < 1.29 is 4.74 Å². The molecule has 5 heteroatoms. The van der Waals surface area contributed by atoms with Crippen LogP contribution in [-0.4, -0.2) is 36.8 Å². The monoisotopic (exact) mass is 265 g/mol. The number of hydrogen-bond acceptors (Lipinski definition) is 4. The maximum Gasteiger partial charge on any atom is 0.252 e. The lowest BCUT2D eigenvalue weighted by Gasteiger charge is -2.32. The molecule has 0 aliphatic carbocycles. The van der Waals surface area contributed by atoms with Gasteiger partial charge in [0, 0.05) is 38.8 Å². The average molecular weight is 265 g/mol. The number of ether oxygens (including phenoxy) is 1. The van der Waals surface area contributed by atoms with E-state index in [1.54, 1.807) is 13.2 Å². The van der Waals surface area contributed by atoms with Crippen LogP contribution in [0.15, 0.2) is 10.9 Å². The molecule has 1 aromatic heterocycles. The molecule has 1 aromatic rings. The van der Waals surface area contributed by atoms with Gasteiger partial charge in [0.25, 0.3) is 5.56 Å². The molecule has 1 aliphatic rings. The molecule has 2 rings (SSSR count). The third-order valence-corrected chi connectivity index (χ3v) is 3.63. The topological polar surface area (TPSA) is 58.2 Å². The number of methoxy groups -OCH3 is 1. The summed E-state index contributed by atoms with van der Waals surface area (Å²) in [5, 5.41) is 0. The summed E-state index contributed by atoms with van der Waals surface area (Å²) in [5.74, 6) is 2.44. The molecule has 0 saturated carbocycles. The molecule has 0 radical (unpaired) electrons. The Balaban J connectivity index is 2.09. The molecule has 1 saturated heterocycles. The number of nitrogens with zero attached hydrogens (tertiary/aromatic N) is 2. The second-order valence-electron chi connectivity index (χ2n) is 5.53. The van der Waals surface area contributed by atoms with Crippen LogP contribution in [0.4, 0.5) is 5.82 Å². The van der Waals surface area contributed by atoms with Gasteiger partial charge < -0.3 is 14.6 Å². The number of hydrogen-bond donors (Lipinski definition) is 1. The van der Waals surface area contributed by atoms with Gasteiger partial charge in [0.2, 0.25) is 0 Å². The fourth-order valence-electron chi connectivity index (χ4n) is 2.46. The highest BCUT2D eigenvalue weighted by atomic mass is 16.5. The van der Waals surface area contributed by atoms with Crippen molar-refractivity contribution >= 4 is 5.82 Å². The number of aromatic nitrogens is 2. The van der Waals surface area contributed by atoms with Crippen LogP contribution in [-0.2, 0) is 4.74 Å². The van der Waals surface area contributed by atoms with Crippen molar-refractivity contribution in [2.75, 3.05) is 31.7 Å². The first-order chi connectivity index (χ1) is 9.10. The lowest BCUT2D eigenvalue weighted by atomic mass is 9.98. The quantitative estimate of drug-likeness (QED) is 0.901. The predicted molar refractivity (Wildman–Crippen MR) is 75.8 cm³/mol. The minimum Gasteiger partial charge on any atom is -0.384 e. The van der Waals surface area contributed by atoms with Gasteiger partial charge in [-0.15, -0.1) is 0 Å². The van der Waals surface area contributed by atoms with Crippen molar-refractivity contribution in [3.8, 4) is 0 Å². The molecule has 0 bridgehead atoms. The van der Waals surface area contributed by atoms with E-state index in [4.69, 9.17) is 4.74 Å². The Kier molecular flexibility index (Phi) is 4.58. The summed E-state index contributed by atoms with van der Waals surface area (Å²) in [7, 11) is 1.75. The van der Waals surface area contributed by atoms with E-state index >= 15 is 0 Å². The molecule has 1 N–H and O–H groups in total. The second-order valence-corrected chi connectivity index (χ2v) is 5.53. The van der Waals surface area contributed by atoms with Crippen molar-refractivity contribution in [2.24, 2.45) is 5.92 Å². The van der Waals surface area contributed by atoms with Crippen molar-refractivity contribution in [1.29, 1.82) is 0 Å². The second kappa shape index (κ2) is 6.19. The maximum absolute atomic E-state index is 11.7. The molecule has 0 spiro atoms. The summed E-state index contributed by atoms with van der Waals surface area (Å²) in [6.45, 7) is 6.79. The molecular formula is C14H23N3O2. The van der Waals surface area contributed by atoms with E-state index in [1.807, 2.05) is 13.8 Å². The predicted octanol–water partition coefficient (Wildman–Crippen LogP) is 1.76. The van der Waals surface area contributed by atoms with Gasteiger partial charge in [-0.25, -0.2) is 4.98 Å². The van der Waals surface area contributed by atoms with Crippen LogP contribution in [0.2, 0.25) is 0 Å². The lowest BCUT2D eigenvalue weighted by Crippen LogP contribution is -2.36. The van der Waals surface area contributed by atoms with Crippen molar-refractivity contribution in [1.82, 2.24) is 9.97 Å². The minimum absolute atomic E-state index is 0.0623. The Morgan fingerprint density at radius 2 is 2.16 bits per heavy atom. The Hall–Kier alpha value is -1.36. The Labute approximate surface area is 114 Å². The third kappa shape index (κ3) is 3.56. The summed E-state index contributed by atoms with van der Waals surface area (Å²) in [6.07, 6.45) is 2.19. The first-order valence-corrected chi connectivity index (χ1v) is 6.95. The highest BCUT2D eigenvalue weighted by Crippen LogP contribution is 2.22. The normalized spacial score (nSPS) is 17.2. The standard InChI is InChI=1S/C14H23N3O2/c1-10(2)14-15-12(8-13(18)16-14)17-6-4-11(5-7-17)9-19-3/h8,10-11H,4-7,9H2,1-3H3,(H,15,16,18). The summed E-state index contributed by atoms with van der Waals surface area (Å²) < 4.78 is 5.20. The zero-order valence-corrected chi connectivity index (χ0v) is 12.0. The van der Waals surface area contributed by atoms with Gasteiger partial charge in [-0.1, -0.05) is 13.8 Å². The van der Waals surface area contributed by atoms with Crippen LogP contribution in [0.5, 0.6) is 0 Å². The van der Waals surface area contributed by atoms with Gasteiger partial charge in [-0.3, -0.25) is 4.79 Å². The van der Waals surface area contributed by atoms with Crippen molar-refractivity contribution in [3.63, 3.8) is 0 Å². The zero-order chi connectivity index (χ0) is 13.8. The molecule has 1 fully saturated rings. The lowest BCUT2D eigenvalue weighted by molar-refractivity contribution is 0.139. The number of aromatic amines is 1. The zero-order valence-electron chi connectivity index (χ0n) is 12.0. The van der Waals surface area contributed by atoms with E-state index < -0.39 is 0 Å². The minimum atomic E-state index is -0.0623. The number of anilines is 1. The van der Waals surface area contributed by atoms with Crippen LogP contribution in [0.3, 0.4) is 0 Å². The Bertz CT molecular complexity index is 462. The maximum atomic E-state index is 11.7. The fourth-order valence-corrected chi connectivity index (χ4v) is 2.46. The first kappa shape index (κ1) is 14.1. The van der Waals surface area contributed by atoms with Gasteiger partial charge in [0.1, 0.15) is 11.6 Å². The SMILES string of the molecule is COCC1CCN(c2cc(=O)[nH]c(C(C)C)n2)CC1. The third-order valence-electron chi connectivity index (χ3n) is 3.63. The number of nitrogens with one attached hydrogen (secondary N) is 1. The van der Waals surface area contributed by atoms with Crippen LogP contribution >= 0.6 is 0 Å². The molecule has 106 valence electrons. The number of H-pyrrole nitrogens is 1. The smallest absolute Gasteiger partial charge is 0.252 e. The van der Waals surface area contributed by atoms with Gasteiger partial charge in [-0.05, 0) is 18.8 Å². The van der Waals surface area contributed by atoms with E-state index in [9.17, 15) is 4.79 Å². The largest absolute Gasteiger partial charge is 0.384 e. The molecule has 0 aromatic carbocycles. The molecule has 1 aliphatic heterocycles. The van der Waals surface area contributed by atoms with E-state index in [0.717, 1.165) is 44.2 Å². The van der Waals surface area contributed by atoms with Gasteiger partial charge in [0.05, 0.1) is 0 Å². The highest BCUT2D eigenvalue weighted by molar-refractivity contribution is 5.38. The molecule has 2 heterocycles. The summed E-state index contributed by atoms with van der Waals surface area (Å²) in [6, 6.07) is 1.60. The van der Waals surface area contributed by atoms with E-state index in [0.29, 0.717) is 5.92 Å². The van der Waals surface area contributed by atoms with E-state index in [2.05, 4.69) is 14.9 Å². The van der Waals surface area contributed by atoms with Crippen LogP contribution in [0, 0.1) is 5.92 Å². The van der Waals surface area contributed by atoms with E-state index in [1.165, 1.54) is 0 Å². The fraction of sp³-hybridized carbons (Fsp3) is 0.714. The van der Waals surface area contributed by atoms with E-state index in [-0.39, 0.29) is 11.5 Å². The van der Waals surface area contributed by atoms with Crippen molar-refractivity contribution in [2.45, 2.75) is 32.6 Å². The Morgan fingerprint density at radius 1 is 1.47 bits per heavy atom. The first-order valence-electron chi connectivity index (χ1n) is 6.95. The van der Waals surface area contributed by atoms with Gasteiger partial charge in [-0.2, -0.15) is 0 Å². The summed E-state index contributed by atoms with van der Waals surface area (Å²) in [4.78, 5) is 21.3. The molecule has 5 nitrogen and oxygen atoms in total. The highest BCUT2D eigenvalue weighted by Gasteiger charge is 2.20. The Morgan fingerprint density at radius 3 is 2.74 bits per heavy atom. The molecule has 0 unspecified atom stereocenters. The van der Waals surface area contributed by atoms with Crippen LogP contribution in [0.25, 0.3) is 0 Å². The average Bonchev–Trinajstić information content (AvgIpc) is 2.39. The molecule has 19 heavy (non-hydrogen) atoms. The van der Waals surface area contributed by atoms with Crippen LogP contribution in [0.1, 0.15) is 38.4 Å². The van der Waals surface area contributed by atoms with Gasteiger partial charge >= 0.3 is 0 Å². The molecular weight excluding hydrogens is 242 g/mol. The molecule has 0 amide bonds. The summed E-state index contributed by atoms with van der Waals surface area (Å²) in [5.41, 5.74) is -0.0623. The van der Waals surface area contributed by atoms with Gasteiger partial charge in [0.15, 0.2) is 0 Å². The number of piperidine rings is 1. The van der Waals surface area contributed by atoms with Crippen LogP contribution < -0.4 is 10.5 Å².